The minimum atomic E-state index is -1.90. The Morgan fingerprint density at radius 2 is 1.55 bits per heavy atom. The third kappa shape index (κ3) is 13.5. The van der Waals surface area contributed by atoms with Gasteiger partial charge in [-0.3, -0.25) is 14.4 Å². The minimum Gasteiger partial charge on any atom is -0.463 e. The fraction of sp³-hybridized carbons (Fsp3) is 0.643. The van der Waals surface area contributed by atoms with Crippen LogP contribution in [0.5, 0.6) is 0 Å². The number of esters is 4. The summed E-state index contributed by atoms with van der Waals surface area (Å²) in [4.78, 5) is 64.3. The number of hydrogen-bond donors (Lipinski definition) is 3. The Balaban J connectivity index is 1.75. The highest BCUT2D eigenvalue weighted by atomic mass is 16.8. The van der Waals surface area contributed by atoms with E-state index >= 15 is 0 Å². The molecule has 1 aromatic carbocycles. The molecule has 0 aromatic heterocycles. The molecule has 0 spiro atoms. The first-order valence-corrected chi connectivity index (χ1v) is 20.0. The molecule has 0 amide bonds. The molecule has 3 heterocycles. The lowest BCUT2D eigenvalue weighted by atomic mass is 9.96. The highest BCUT2D eigenvalue weighted by molar-refractivity contribution is 5.88. The molecule has 0 unspecified atom stereocenters. The Kier molecular flexibility index (Phi) is 18.5. The summed E-state index contributed by atoms with van der Waals surface area (Å²) in [7, 11) is 0. The Morgan fingerprint density at radius 1 is 0.828 bits per heavy atom. The van der Waals surface area contributed by atoms with Gasteiger partial charge in [-0.05, 0) is 51.7 Å². The van der Waals surface area contributed by atoms with Crippen molar-refractivity contribution < 1.29 is 77.2 Å². The lowest BCUT2D eigenvalue weighted by Gasteiger charge is -2.47. The number of benzene rings is 1. The summed E-state index contributed by atoms with van der Waals surface area (Å²) >= 11 is 0. The molecule has 0 saturated carbocycles. The van der Waals surface area contributed by atoms with Crippen molar-refractivity contribution in [3.05, 3.63) is 53.6 Å². The van der Waals surface area contributed by atoms with Crippen molar-refractivity contribution in [3.8, 4) is 0 Å². The fourth-order valence-corrected chi connectivity index (χ4v) is 6.89. The zero-order valence-corrected chi connectivity index (χ0v) is 33.8. The zero-order valence-electron chi connectivity index (χ0n) is 33.8. The van der Waals surface area contributed by atoms with Crippen LogP contribution < -0.4 is 0 Å². The first kappa shape index (κ1) is 46.7. The largest absolute Gasteiger partial charge is 0.463 e. The number of allylic oxidation sites excluding steroid dienone is 1. The smallest absolute Gasteiger partial charge is 0.333 e. The normalized spacial score (nSPS) is 33.6. The highest BCUT2D eigenvalue weighted by Gasteiger charge is 2.55. The number of fused-ring (bicyclic) bond motifs is 3. The molecule has 16 nitrogen and oxygen atoms in total. The molecule has 3 saturated heterocycles. The van der Waals surface area contributed by atoms with Crippen molar-refractivity contribution in [1.29, 1.82) is 0 Å². The average molecular weight is 819 g/mol. The summed E-state index contributed by atoms with van der Waals surface area (Å²) in [6.07, 6.45) is -9.26. The molecule has 3 N–H and O–H groups in total. The number of aliphatic hydroxyl groups is 3. The third-order valence-electron chi connectivity index (χ3n) is 10.2. The lowest BCUT2D eigenvalue weighted by molar-refractivity contribution is -0.369. The first-order valence-electron chi connectivity index (χ1n) is 20.0. The van der Waals surface area contributed by atoms with E-state index < -0.39 is 110 Å². The summed E-state index contributed by atoms with van der Waals surface area (Å²) in [5.74, 6) is -3.87. The van der Waals surface area contributed by atoms with Crippen LogP contribution in [0.4, 0.5) is 0 Å². The monoisotopic (exact) mass is 818 g/mol. The average Bonchev–Trinajstić information content (AvgIpc) is 3.20. The van der Waals surface area contributed by atoms with E-state index in [9.17, 15) is 39.3 Å². The van der Waals surface area contributed by atoms with Gasteiger partial charge >= 0.3 is 23.9 Å². The van der Waals surface area contributed by atoms with E-state index in [0.29, 0.717) is 37.7 Å². The summed E-state index contributed by atoms with van der Waals surface area (Å²) in [5, 5.41) is 34.1. The molecule has 322 valence electrons. The molecule has 2 bridgehead atoms. The second-order valence-electron chi connectivity index (χ2n) is 14.7. The van der Waals surface area contributed by atoms with Gasteiger partial charge in [0, 0.05) is 25.0 Å². The van der Waals surface area contributed by atoms with Gasteiger partial charge in [0.15, 0.2) is 36.7 Å². The summed E-state index contributed by atoms with van der Waals surface area (Å²) in [5.41, 5.74) is 0.821. The van der Waals surface area contributed by atoms with Crippen LogP contribution in [0.15, 0.2) is 48.1 Å². The number of ketones is 1. The Labute approximate surface area is 338 Å². The standard InChI is InChI=1S/C42H58O16/c1-6-14-28-17-12-9-13-18-29(44)30(45)20-22-32(46)51-23-31-37(56-33(47)21-19-27-15-10-8-11-16-27)38(57-40(50)24(3)7-2)35(49)41(55-31)58-39-34(48)36(53-26(5)43)25(4)52-42(39)54-28/h7-8,10-11,15-16,19,21,25,28-29,31,34-39,41-42,44,48-49H,6,9,12-14,17-18,20,22-23H2,1-5H3/t25-,28+,29+,31-,34+,35-,36+,37-,38-,39-,41+,42+/m1/s1. The van der Waals surface area contributed by atoms with Crippen LogP contribution >= 0.6 is 0 Å². The molecule has 1 aromatic rings. The number of rotatable bonds is 8. The molecule has 3 aliphatic heterocycles. The predicted molar refractivity (Wildman–Crippen MR) is 204 cm³/mol. The number of cyclic esters (lactones) is 1. The molecule has 4 rings (SSSR count). The topological polar surface area (TPSA) is 220 Å². The maximum absolute atomic E-state index is 13.3. The van der Waals surface area contributed by atoms with Crippen LogP contribution in [0.3, 0.4) is 0 Å². The van der Waals surface area contributed by atoms with Crippen LogP contribution in [0.25, 0.3) is 6.08 Å². The zero-order chi connectivity index (χ0) is 42.4. The molecule has 58 heavy (non-hydrogen) atoms. The molecule has 16 heteroatoms. The van der Waals surface area contributed by atoms with Gasteiger partial charge in [0.05, 0.1) is 18.6 Å². The predicted octanol–water partition coefficient (Wildman–Crippen LogP) is 3.40. The van der Waals surface area contributed by atoms with E-state index in [-0.39, 0.29) is 24.8 Å². The Hall–Kier alpha value is -4.03. The van der Waals surface area contributed by atoms with Crippen molar-refractivity contribution >= 4 is 35.7 Å². The molecular weight excluding hydrogens is 760 g/mol. The van der Waals surface area contributed by atoms with Crippen LogP contribution in [0.2, 0.25) is 0 Å². The van der Waals surface area contributed by atoms with Gasteiger partial charge in [0.25, 0.3) is 0 Å². The van der Waals surface area contributed by atoms with Crippen LogP contribution in [-0.4, -0.2) is 125 Å². The number of hydrogen-bond acceptors (Lipinski definition) is 16. The Morgan fingerprint density at radius 3 is 2.24 bits per heavy atom. The lowest BCUT2D eigenvalue weighted by Crippen LogP contribution is -2.65. The second-order valence-corrected chi connectivity index (χ2v) is 14.7. The van der Waals surface area contributed by atoms with Crippen molar-refractivity contribution in [2.24, 2.45) is 0 Å². The molecule has 12 atom stereocenters. The number of Topliss-reactive ketones (excluding diaryl/α,β-unsaturated/α-hetero) is 1. The Bertz CT molecular complexity index is 1580. The summed E-state index contributed by atoms with van der Waals surface area (Å²) in [6.45, 7) is 7.17. The van der Waals surface area contributed by atoms with Crippen LogP contribution in [-0.2, 0) is 61.9 Å². The van der Waals surface area contributed by atoms with Gasteiger partial charge in [0.2, 0.25) is 0 Å². The number of ether oxygens (including phenoxy) is 8. The molecule has 3 fully saturated rings. The van der Waals surface area contributed by atoms with Crippen molar-refractivity contribution in [2.45, 2.75) is 166 Å². The molecule has 0 aliphatic carbocycles. The van der Waals surface area contributed by atoms with Gasteiger partial charge in [-0.1, -0.05) is 69.0 Å². The molecule has 0 radical (unpaired) electrons. The second kappa shape index (κ2) is 22.9. The van der Waals surface area contributed by atoms with Gasteiger partial charge in [0.1, 0.15) is 37.1 Å². The third-order valence-corrected chi connectivity index (χ3v) is 10.2. The van der Waals surface area contributed by atoms with E-state index in [4.69, 9.17) is 37.9 Å². The maximum Gasteiger partial charge on any atom is 0.333 e. The van der Waals surface area contributed by atoms with Gasteiger partial charge in [-0.15, -0.1) is 0 Å². The number of aliphatic hydroxyl groups excluding tert-OH is 3. The SMILES string of the molecule is CC=C(C)C(=O)O[C@@H]1[C@@H](O)[C@@H]2O[C@H]3[C@H](O[C@@H](CCC)CCCCC[C@H](O)C(=O)CCC(=O)OC[C@@H](O2)[C@H]1OC(=O)C=Cc1ccccc1)O[C@H](C)[C@H](OC(C)=O)[C@@H]3O. The van der Waals surface area contributed by atoms with Crippen molar-refractivity contribution in [1.82, 2.24) is 0 Å². The van der Waals surface area contributed by atoms with Crippen molar-refractivity contribution in [3.63, 3.8) is 0 Å². The van der Waals surface area contributed by atoms with E-state index in [1.807, 2.05) is 6.92 Å². The minimum absolute atomic E-state index is 0.151. The van der Waals surface area contributed by atoms with Crippen LogP contribution in [0, 0.1) is 0 Å². The quantitative estimate of drug-likeness (QED) is 0.194. The van der Waals surface area contributed by atoms with Gasteiger partial charge in [-0.2, -0.15) is 0 Å². The molecular formula is C42H58O16. The fourth-order valence-electron chi connectivity index (χ4n) is 6.89. The van der Waals surface area contributed by atoms with Crippen LogP contribution in [0.1, 0.15) is 98.0 Å². The number of carbonyl (C=O) groups excluding carboxylic acids is 5. The van der Waals surface area contributed by atoms with E-state index in [0.717, 1.165) is 12.5 Å². The highest BCUT2D eigenvalue weighted by Crippen LogP contribution is 2.34. The summed E-state index contributed by atoms with van der Waals surface area (Å²) < 4.78 is 47.5. The van der Waals surface area contributed by atoms with Crippen molar-refractivity contribution in [2.75, 3.05) is 6.61 Å². The molecule has 3 aliphatic rings. The van der Waals surface area contributed by atoms with E-state index in [1.54, 1.807) is 44.2 Å². The van der Waals surface area contributed by atoms with Gasteiger partial charge in [-0.25, -0.2) is 9.59 Å². The van der Waals surface area contributed by atoms with E-state index in [2.05, 4.69) is 0 Å². The van der Waals surface area contributed by atoms with E-state index in [1.165, 1.54) is 26.0 Å². The van der Waals surface area contributed by atoms with Gasteiger partial charge < -0.3 is 53.2 Å². The maximum atomic E-state index is 13.3. The number of carbonyl (C=O) groups is 5. The summed E-state index contributed by atoms with van der Waals surface area (Å²) in [6, 6.07) is 8.84. The first-order chi connectivity index (χ1) is 27.7.